The van der Waals surface area contributed by atoms with Crippen molar-refractivity contribution in [2.24, 2.45) is 5.73 Å². The second kappa shape index (κ2) is 8.45. The fourth-order valence-corrected chi connectivity index (χ4v) is 4.42. The summed E-state index contributed by atoms with van der Waals surface area (Å²) in [6, 6.07) is 20.5. The van der Waals surface area contributed by atoms with Crippen molar-refractivity contribution >= 4 is 32.3 Å². The van der Waals surface area contributed by atoms with E-state index in [4.69, 9.17) is 5.73 Å². The first-order valence-corrected chi connectivity index (χ1v) is 11.9. The van der Waals surface area contributed by atoms with Crippen LogP contribution in [0.25, 0.3) is 33.3 Å². The van der Waals surface area contributed by atoms with Crippen molar-refractivity contribution in [3.63, 3.8) is 0 Å². The van der Waals surface area contributed by atoms with Crippen LogP contribution in [0.2, 0.25) is 0 Å². The lowest BCUT2D eigenvalue weighted by Crippen LogP contribution is -2.12. The molecule has 0 saturated heterocycles. The van der Waals surface area contributed by atoms with E-state index in [1.54, 1.807) is 24.3 Å². The van der Waals surface area contributed by atoms with Gasteiger partial charge >= 0.3 is 0 Å². The van der Waals surface area contributed by atoms with Crippen molar-refractivity contribution in [2.75, 3.05) is 11.6 Å². The van der Waals surface area contributed by atoms with E-state index < -0.39 is 9.84 Å². The van der Waals surface area contributed by atoms with Crippen molar-refractivity contribution in [2.45, 2.75) is 11.4 Å². The molecule has 0 aliphatic carbocycles. The number of nitrogens with one attached hydrogen (secondary N) is 2. The SMILES string of the molecule is C=CC(=O)Nc1cccc(-c2cccc3[nH]c(-c4ccc(S(C)(=O)=O)cc4)cc23)c1CN. The summed E-state index contributed by atoms with van der Waals surface area (Å²) in [5, 5.41) is 3.82. The van der Waals surface area contributed by atoms with E-state index in [1.807, 2.05) is 42.5 Å². The van der Waals surface area contributed by atoms with Gasteiger partial charge in [-0.25, -0.2) is 8.42 Å². The van der Waals surface area contributed by atoms with Crippen LogP contribution in [-0.4, -0.2) is 25.6 Å². The standard InChI is InChI=1S/C25H23N3O3S/c1-3-25(29)28-23-9-5-7-19(21(23)15-26)18-6-4-8-22-20(18)14-24(27-22)16-10-12-17(13-11-16)32(2,30)31/h3-14,27H,1,15,26H2,2H3,(H,28,29). The Morgan fingerprint density at radius 2 is 1.75 bits per heavy atom. The number of carbonyl (C=O) groups is 1. The molecule has 4 aromatic rings. The van der Waals surface area contributed by atoms with Crippen LogP contribution in [-0.2, 0) is 21.2 Å². The molecular formula is C25H23N3O3S. The lowest BCUT2D eigenvalue weighted by Gasteiger charge is -2.14. The molecule has 0 unspecified atom stereocenters. The fourth-order valence-electron chi connectivity index (χ4n) is 3.79. The molecule has 1 aromatic heterocycles. The number of hydrogen-bond donors (Lipinski definition) is 3. The predicted molar refractivity (Wildman–Crippen MR) is 129 cm³/mol. The van der Waals surface area contributed by atoms with E-state index in [1.165, 1.54) is 12.3 Å². The Labute approximate surface area is 186 Å². The summed E-state index contributed by atoms with van der Waals surface area (Å²) in [6.45, 7) is 3.76. The number of nitrogens with two attached hydrogens (primary N) is 1. The zero-order chi connectivity index (χ0) is 22.9. The molecule has 4 N–H and O–H groups in total. The molecular weight excluding hydrogens is 422 g/mol. The third kappa shape index (κ3) is 4.08. The molecule has 6 nitrogen and oxygen atoms in total. The topological polar surface area (TPSA) is 105 Å². The number of carbonyl (C=O) groups excluding carboxylic acids is 1. The highest BCUT2D eigenvalue weighted by molar-refractivity contribution is 7.90. The quantitative estimate of drug-likeness (QED) is 0.380. The minimum Gasteiger partial charge on any atom is -0.355 e. The van der Waals surface area contributed by atoms with Gasteiger partial charge in [0.25, 0.3) is 0 Å². The number of benzene rings is 3. The van der Waals surface area contributed by atoms with Crippen molar-refractivity contribution in [1.82, 2.24) is 4.98 Å². The van der Waals surface area contributed by atoms with Crippen LogP contribution in [0.3, 0.4) is 0 Å². The van der Waals surface area contributed by atoms with Crippen LogP contribution >= 0.6 is 0 Å². The Kier molecular flexibility index (Phi) is 5.69. The number of amides is 1. The van der Waals surface area contributed by atoms with Gasteiger partial charge in [-0.05, 0) is 58.7 Å². The molecule has 1 heterocycles. The van der Waals surface area contributed by atoms with Gasteiger partial charge in [-0.15, -0.1) is 0 Å². The molecule has 0 aliphatic rings. The molecule has 4 rings (SSSR count). The number of aromatic amines is 1. The molecule has 0 atom stereocenters. The summed E-state index contributed by atoms with van der Waals surface area (Å²) >= 11 is 0. The molecule has 0 spiro atoms. The molecule has 32 heavy (non-hydrogen) atoms. The average molecular weight is 446 g/mol. The smallest absolute Gasteiger partial charge is 0.247 e. The van der Waals surface area contributed by atoms with Crippen LogP contribution in [0.1, 0.15) is 5.56 Å². The van der Waals surface area contributed by atoms with Crippen molar-refractivity contribution in [3.8, 4) is 22.4 Å². The van der Waals surface area contributed by atoms with Gasteiger partial charge in [0, 0.05) is 35.1 Å². The largest absolute Gasteiger partial charge is 0.355 e. The summed E-state index contributed by atoms with van der Waals surface area (Å²) in [4.78, 5) is 15.5. The van der Waals surface area contributed by atoms with Gasteiger partial charge < -0.3 is 16.0 Å². The molecule has 0 bridgehead atoms. The Balaban J connectivity index is 1.82. The van der Waals surface area contributed by atoms with Gasteiger partial charge in [-0.2, -0.15) is 0 Å². The molecule has 0 radical (unpaired) electrons. The van der Waals surface area contributed by atoms with Gasteiger partial charge in [0.2, 0.25) is 5.91 Å². The van der Waals surface area contributed by atoms with Gasteiger partial charge in [0.05, 0.1) is 4.90 Å². The van der Waals surface area contributed by atoms with E-state index in [2.05, 4.69) is 16.9 Å². The molecule has 0 aliphatic heterocycles. The van der Waals surface area contributed by atoms with Crippen LogP contribution in [0.4, 0.5) is 5.69 Å². The maximum Gasteiger partial charge on any atom is 0.247 e. The Bertz CT molecular complexity index is 1440. The van der Waals surface area contributed by atoms with Crippen LogP contribution in [0, 0.1) is 0 Å². The molecule has 0 fully saturated rings. The Hall–Kier alpha value is -3.68. The maximum atomic E-state index is 11.8. The van der Waals surface area contributed by atoms with E-state index in [0.717, 1.165) is 38.9 Å². The third-order valence-corrected chi connectivity index (χ3v) is 6.50. The highest BCUT2D eigenvalue weighted by Crippen LogP contribution is 2.36. The minimum absolute atomic E-state index is 0.254. The van der Waals surface area contributed by atoms with E-state index in [-0.39, 0.29) is 17.3 Å². The monoisotopic (exact) mass is 445 g/mol. The highest BCUT2D eigenvalue weighted by atomic mass is 32.2. The summed E-state index contributed by atoms with van der Waals surface area (Å²) < 4.78 is 23.5. The van der Waals surface area contributed by atoms with Crippen molar-refractivity contribution in [1.29, 1.82) is 0 Å². The van der Waals surface area contributed by atoms with Gasteiger partial charge in [0.1, 0.15) is 0 Å². The fraction of sp³-hybridized carbons (Fsp3) is 0.0800. The van der Waals surface area contributed by atoms with E-state index >= 15 is 0 Å². The Morgan fingerprint density at radius 3 is 2.41 bits per heavy atom. The van der Waals surface area contributed by atoms with Crippen LogP contribution in [0.15, 0.2) is 84.3 Å². The maximum absolute atomic E-state index is 11.8. The zero-order valence-corrected chi connectivity index (χ0v) is 18.4. The number of hydrogen-bond acceptors (Lipinski definition) is 4. The number of rotatable bonds is 6. The number of fused-ring (bicyclic) bond motifs is 1. The first-order chi connectivity index (χ1) is 15.3. The second-order valence-corrected chi connectivity index (χ2v) is 9.49. The number of aromatic nitrogens is 1. The van der Waals surface area contributed by atoms with Crippen LogP contribution < -0.4 is 11.1 Å². The molecule has 0 saturated carbocycles. The normalized spacial score (nSPS) is 11.4. The predicted octanol–water partition coefficient (Wildman–Crippen LogP) is 4.49. The second-order valence-electron chi connectivity index (χ2n) is 7.48. The van der Waals surface area contributed by atoms with E-state index in [0.29, 0.717) is 5.69 Å². The summed E-state index contributed by atoms with van der Waals surface area (Å²) in [7, 11) is -3.25. The van der Waals surface area contributed by atoms with Gasteiger partial charge in [-0.3, -0.25) is 4.79 Å². The molecule has 1 amide bonds. The Morgan fingerprint density at radius 1 is 1.06 bits per heavy atom. The summed E-state index contributed by atoms with van der Waals surface area (Å²) in [5.41, 5.74) is 12.1. The number of H-pyrrole nitrogens is 1. The molecule has 7 heteroatoms. The molecule has 162 valence electrons. The van der Waals surface area contributed by atoms with E-state index in [9.17, 15) is 13.2 Å². The number of anilines is 1. The first-order valence-electron chi connectivity index (χ1n) is 10.00. The summed E-state index contributed by atoms with van der Waals surface area (Å²) in [6.07, 6.45) is 2.42. The zero-order valence-electron chi connectivity index (χ0n) is 17.6. The minimum atomic E-state index is -3.25. The van der Waals surface area contributed by atoms with Gasteiger partial charge in [-0.1, -0.05) is 43.0 Å². The molecule has 3 aromatic carbocycles. The van der Waals surface area contributed by atoms with Crippen LogP contribution in [0.5, 0.6) is 0 Å². The summed E-state index contributed by atoms with van der Waals surface area (Å²) in [5.74, 6) is -0.295. The van der Waals surface area contributed by atoms with Gasteiger partial charge in [0.15, 0.2) is 9.84 Å². The number of sulfone groups is 1. The lowest BCUT2D eigenvalue weighted by molar-refractivity contribution is -0.111. The highest BCUT2D eigenvalue weighted by Gasteiger charge is 2.15. The first kappa shape index (κ1) is 21.5. The lowest BCUT2D eigenvalue weighted by atomic mass is 9.95. The van der Waals surface area contributed by atoms with Crippen molar-refractivity contribution < 1.29 is 13.2 Å². The average Bonchev–Trinajstić information content (AvgIpc) is 3.23. The third-order valence-electron chi connectivity index (χ3n) is 5.37. The van der Waals surface area contributed by atoms with Crippen molar-refractivity contribution in [3.05, 3.63) is 84.9 Å².